The standard InChI is InChI=1S/C32H36N4O5/c1-21(2)27(28(37)32(41)33-20-24-15-9-5-10-16-24)36-29(38)22(3)34-31(40)26(19-23-13-7-4-8-14-23)35-30(39)25-17-11-6-12-18-25/h4-18,21-22,26-27H,19-20H2,1-3H3,(H,33,41)(H,34,40)(H,35,39)(H,36,38)/t22-,26+,27-/m0/s1. The first-order valence-corrected chi connectivity index (χ1v) is 13.5. The topological polar surface area (TPSA) is 133 Å². The second-order valence-corrected chi connectivity index (χ2v) is 10.1. The van der Waals surface area contributed by atoms with Gasteiger partial charge in [-0.3, -0.25) is 24.0 Å². The fourth-order valence-electron chi connectivity index (χ4n) is 4.09. The van der Waals surface area contributed by atoms with E-state index in [9.17, 15) is 24.0 Å². The minimum absolute atomic E-state index is 0.175. The lowest BCUT2D eigenvalue weighted by Crippen LogP contribution is -2.57. The highest BCUT2D eigenvalue weighted by atomic mass is 16.2. The Hall–Kier alpha value is -4.79. The van der Waals surface area contributed by atoms with Gasteiger partial charge in [0.15, 0.2) is 0 Å². The molecule has 0 fully saturated rings. The molecule has 4 N–H and O–H groups in total. The molecule has 214 valence electrons. The number of hydrogen-bond donors (Lipinski definition) is 4. The lowest BCUT2D eigenvalue weighted by molar-refractivity contribution is -0.141. The zero-order chi connectivity index (χ0) is 29.8. The van der Waals surface area contributed by atoms with Crippen LogP contribution in [0.15, 0.2) is 91.0 Å². The molecule has 4 amide bonds. The highest BCUT2D eigenvalue weighted by Gasteiger charge is 2.32. The van der Waals surface area contributed by atoms with Crippen LogP contribution in [-0.2, 0) is 32.1 Å². The Balaban J connectivity index is 1.64. The highest BCUT2D eigenvalue weighted by Crippen LogP contribution is 2.08. The van der Waals surface area contributed by atoms with Gasteiger partial charge >= 0.3 is 0 Å². The van der Waals surface area contributed by atoms with Gasteiger partial charge in [-0.1, -0.05) is 92.7 Å². The molecule has 3 atom stereocenters. The maximum absolute atomic E-state index is 13.3. The van der Waals surface area contributed by atoms with Gasteiger partial charge in [0.05, 0.1) is 6.04 Å². The molecule has 0 aliphatic carbocycles. The van der Waals surface area contributed by atoms with Crippen molar-refractivity contribution in [2.75, 3.05) is 0 Å². The first kappa shape index (κ1) is 30.7. The number of amides is 4. The lowest BCUT2D eigenvalue weighted by Gasteiger charge is -2.25. The summed E-state index contributed by atoms with van der Waals surface area (Å²) >= 11 is 0. The van der Waals surface area contributed by atoms with E-state index in [0.29, 0.717) is 5.56 Å². The number of Topliss-reactive ketones (excluding diaryl/α,β-unsaturated/α-hetero) is 1. The van der Waals surface area contributed by atoms with E-state index in [1.54, 1.807) is 44.2 Å². The van der Waals surface area contributed by atoms with Gasteiger partial charge in [0.25, 0.3) is 11.8 Å². The lowest BCUT2D eigenvalue weighted by atomic mass is 9.98. The highest BCUT2D eigenvalue weighted by molar-refractivity contribution is 6.38. The van der Waals surface area contributed by atoms with Gasteiger partial charge in [0, 0.05) is 18.5 Å². The van der Waals surface area contributed by atoms with Gasteiger partial charge in [0.1, 0.15) is 12.1 Å². The Kier molecular flexibility index (Phi) is 11.3. The Morgan fingerprint density at radius 3 is 1.73 bits per heavy atom. The molecule has 0 aromatic heterocycles. The molecule has 0 radical (unpaired) electrons. The van der Waals surface area contributed by atoms with E-state index in [1.165, 1.54) is 6.92 Å². The molecule has 0 unspecified atom stereocenters. The van der Waals surface area contributed by atoms with Crippen LogP contribution in [0.4, 0.5) is 0 Å². The third kappa shape index (κ3) is 9.42. The maximum atomic E-state index is 13.3. The van der Waals surface area contributed by atoms with Crippen LogP contribution in [0.1, 0.15) is 42.3 Å². The number of benzene rings is 3. The number of rotatable bonds is 13. The molecule has 0 aliphatic heterocycles. The molecule has 0 bridgehead atoms. The minimum Gasteiger partial charge on any atom is -0.345 e. The van der Waals surface area contributed by atoms with Crippen molar-refractivity contribution < 1.29 is 24.0 Å². The van der Waals surface area contributed by atoms with Crippen LogP contribution in [-0.4, -0.2) is 47.5 Å². The Labute approximate surface area is 240 Å². The Bertz CT molecular complexity index is 1330. The molecule has 0 saturated heterocycles. The SMILES string of the molecule is CC(C)[C@H](NC(=O)[C@H](C)NC(=O)[C@@H](Cc1ccccc1)NC(=O)c1ccccc1)C(=O)C(=O)NCc1ccccc1. The van der Waals surface area contributed by atoms with E-state index in [4.69, 9.17) is 0 Å². The molecule has 0 aliphatic rings. The first-order valence-electron chi connectivity index (χ1n) is 13.5. The van der Waals surface area contributed by atoms with E-state index < -0.39 is 47.5 Å². The first-order chi connectivity index (χ1) is 19.7. The van der Waals surface area contributed by atoms with E-state index in [2.05, 4.69) is 21.3 Å². The molecule has 9 heteroatoms. The molecule has 0 saturated carbocycles. The molecule has 0 spiro atoms. The zero-order valence-electron chi connectivity index (χ0n) is 23.4. The number of ketones is 1. The van der Waals surface area contributed by atoms with Crippen LogP contribution in [0.25, 0.3) is 0 Å². The van der Waals surface area contributed by atoms with Gasteiger partial charge in [-0.25, -0.2) is 0 Å². The van der Waals surface area contributed by atoms with Gasteiger partial charge in [-0.15, -0.1) is 0 Å². The van der Waals surface area contributed by atoms with Crippen molar-refractivity contribution in [1.82, 2.24) is 21.3 Å². The second kappa shape index (κ2) is 15.1. The Morgan fingerprint density at radius 1 is 0.634 bits per heavy atom. The van der Waals surface area contributed by atoms with Crippen LogP contribution in [0.3, 0.4) is 0 Å². The van der Waals surface area contributed by atoms with Crippen molar-refractivity contribution in [2.45, 2.75) is 51.9 Å². The number of nitrogens with one attached hydrogen (secondary N) is 4. The number of carbonyl (C=O) groups is 5. The fourth-order valence-corrected chi connectivity index (χ4v) is 4.09. The predicted molar refractivity (Wildman–Crippen MR) is 156 cm³/mol. The fraction of sp³-hybridized carbons (Fsp3) is 0.281. The normalized spacial score (nSPS) is 12.9. The molecular formula is C32H36N4O5. The molecule has 3 aromatic rings. The van der Waals surface area contributed by atoms with Crippen molar-refractivity contribution in [3.8, 4) is 0 Å². The van der Waals surface area contributed by atoms with Crippen LogP contribution in [0, 0.1) is 5.92 Å². The summed E-state index contributed by atoms with van der Waals surface area (Å²) in [6.45, 7) is 5.08. The number of hydrogen-bond acceptors (Lipinski definition) is 5. The van der Waals surface area contributed by atoms with E-state index >= 15 is 0 Å². The third-order valence-corrected chi connectivity index (χ3v) is 6.46. The van der Waals surface area contributed by atoms with Crippen LogP contribution >= 0.6 is 0 Å². The monoisotopic (exact) mass is 556 g/mol. The van der Waals surface area contributed by atoms with Gasteiger partial charge in [-0.05, 0) is 36.1 Å². The average Bonchev–Trinajstić information content (AvgIpc) is 2.99. The van der Waals surface area contributed by atoms with Crippen molar-refractivity contribution in [3.05, 3.63) is 108 Å². The average molecular weight is 557 g/mol. The molecule has 3 rings (SSSR count). The zero-order valence-corrected chi connectivity index (χ0v) is 23.4. The van der Waals surface area contributed by atoms with Gasteiger partial charge < -0.3 is 21.3 Å². The minimum atomic E-state index is -1.09. The molecule has 0 heterocycles. The summed E-state index contributed by atoms with van der Waals surface area (Å²) < 4.78 is 0. The van der Waals surface area contributed by atoms with Crippen LogP contribution in [0.5, 0.6) is 0 Å². The largest absolute Gasteiger partial charge is 0.345 e. The predicted octanol–water partition coefficient (Wildman–Crippen LogP) is 2.56. The summed E-state index contributed by atoms with van der Waals surface area (Å²) in [7, 11) is 0. The molecule has 41 heavy (non-hydrogen) atoms. The summed E-state index contributed by atoms with van der Waals surface area (Å²) in [5, 5.41) is 10.6. The Morgan fingerprint density at radius 2 is 1.17 bits per heavy atom. The smallest absolute Gasteiger partial charge is 0.289 e. The molecular weight excluding hydrogens is 520 g/mol. The van der Waals surface area contributed by atoms with Crippen molar-refractivity contribution in [2.24, 2.45) is 5.92 Å². The van der Waals surface area contributed by atoms with Crippen molar-refractivity contribution in [3.63, 3.8) is 0 Å². The summed E-state index contributed by atoms with van der Waals surface area (Å²) in [5.41, 5.74) is 2.05. The molecule has 3 aromatic carbocycles. The summed E-state index contributed by atoms with van der Waals surface area (Å²) in [4.78, 5) is 64.6. The van der Waals surface area contributed by atoms with Gasteiger partial charge in [0.2, 0.25) is 17.6 Å². The van der Waals surface area contributed by atoms with Gasteiger partial charge in [-0.2, -0.15) is 0 Å². The summed E-state index contributed by atoms with van der Waals surface area (Å²) in [6.07, 6.45) is 0.203. The summed E-state index contributed by atoms with van der Waals surface area (Å²) in [6, 6.07) is 23.8. The summed E-state index contributed by atoms with van der Waals surface area (Å²) in [5.74, 6) is -3.59. The maximum Gasteiger partial charge on any atom is 0.289 e. The quantitative estimate of drug-likeness (QED) is 0.240. The van der Waals surface area contributed by atoms with Crippen molar-refractivity contribution >= 4 is 29.4 Å². The van der Waals surface area contributed by atoms with E-state index in [0.717, 1.165) is 11.1 Å². The number of carbonyl (C=O) groups excluding carboxylic acids is 5. The van der Waals surface area contributed by atoms with E-state index in [-0.39, 0.29) is 18.9 Å². The molecule has 9 nitrogen and oxygen atoms in total. The van der Waals surface area contributed by atoms with E-state index in [1.807, 2.05) is 60.7 Å². The van der Waals surface area contributed by atoms with Crippen molar-refractivity contribution in [1.29, 1.82) is 0 Å². The van der Waals surface area contributed by atoms with Crippen LogP contribution in [0.2, 0.25) is 0 Å². The third-order valence-electron chi connectivity index (χ3n) is 6.46. The van der Waals surface area contributed by atoms with Crippen LogP contribution < -0.4 is 21.3 Å². The second-order valence-electron chi connectivity index (χ2n) is 10.1.